The van der Waals surface area contributed by atoms with Crippen LogP contribution in [-0.2, 0) is 17.8 Å². The number of anilines is 2. The number of hydrogen-bond acceptors (Lipinski definition) is 3. The third-order valence-electron chi connectivity index (χ3n) is 4.82. The van der Waals surface area contributed by atoms with Crippen LogP contribution >= 0.6 is 0 Å². The molecule has 0 radical (unpaired) electrons. The molecule has 156 valence electrons. The monoisotopic (exact) mass is 423 g/mol. The van der Waals surface area contributed by atoms with Crippen molar-refractivity contribution in [1.82, 2.24) is 10.3 Å². The third kappa shape index (κ3) is 5.11. The van der Waals surface area contributed by atoms with E-state index in [-0.39, 0.29) is 5.91 Å². The molecule has 0 bridgehead atoms. The zero-order valence-corrected chi connectivity index (χ0v) is 18.0. The van der Waals surface area contributed by atoms with Crippen molar-refractivity contribution in [2.75, 3.05) is 4.31 Å². The Morgan fingerprint density at radius 2 is 1.90 bits per heavy atom. The maximum Gasteiger partial charge on any atom is 0.266 e. The van der Waals surface area contributed by atoms with Gasteiger partial charge in [0.25, 0.3) is 17.2 Å². The van der Waals surface area contributed by atoms with Crippen LogP contribution in [0.4, 0.5) is 11.4 Å². The second kappa shape index (κ2) is 9.65. The molecule has 1 atom stereocenters. The van der Waals surface area contributed by atoms with Gasteiger partial charge in [-0.2, -0.15) is 0 Å². The highest BCUT2D eigenvalue weighted by atomic mass is 32.2. The molecular formula is C23H25N3O3S. The molecule has 0 saturated carbocycles. The minimum atomic E-state index is -2.29. The SMILES string of the molecule is Cc1ccc(C(=O)NCc2cccnc2)cc1N(c1ccc(C(C)C)cc1)S(=O)O. The molecule has 1 aromatic heterocycles. The Balaban J connectivity index is 1.87. The van der Waals surface area contributed by atoms with Gasteiger partial charge < -0.3 is 5.32 Å². The molecule has 1 unspecified atom stereocenters. The first-order valence-electron chi connectivity index (χ1n) is 9.65. The Kier molecular flexibility index (Phi) is 6.97. The van der Waals surface area contributed by atoms with Crippen LogP contribution in [-0.4, -0.2) is 19.7 Å². The number of carbonyl (C=O) groups is 1. The van der Waals surface area contributed by atoms with Crippen LogP contribution in [0.25, 0.3) is 0 Å². The Morgan fingerprint density at radius 1 is 1.17 bits per heavy atom. The van der Waals surface area contributed by atoms with E-state index in [9.17, 15) is 13.6 Å². The molecular weight excluding hydrogens is 398 g/mol. The lowest BCUT2D eigenvalue weighted by atomic mass is 10.0. The fourth-order valence-electron chi connectivity index (χ4n) is 3.06. The summed E-state index contributed by atoms with van der Waals surface area (Å²) < 4.78 is 23.5. The van der Waals surface area contributed by atoms with Gasteiger partial charge in [0.1, 0.15) is 0 Å². The van der Waals surface area contributed by atoms with Gasteiger partial charge in [-0.1, -0.05) is 38.1 Å². The molecule has 0 saturated heterocycles. The molecule has 7 heteroatoms. The Morgan fingerprint density at radius 3 is 2.50 bits per heavy atom. The second-order valence-electron chi connectivity index (χ2n) is 7.32. The number of rotatable bonds is 7. The van der Waals surface area contributed by atoms with Gasteiger partial charge in [0.2, 0.25) is 0 Å². The maximum atomic E-state index is 12.6. The van der Waals surface area contributed by atoms with Crippen LogP contribution in [0.15, 0.2) is 67.0 Å². The lowest BCUT2D eigenvalue weighted by Crippen LogP contribution is -2.24. The van der Waals surface area contributed by atoms with E-state index in [1.54, 1.807) is 30.6 Å². The van der Waals surface area contributed by atoms with Crippen molar-refractivity contribution in [2.45, 2.75) is 33.2 Å². The van der Waals surface area contributed by atoms with Crippen molar-refractivity contribution in [3.8, 4) is 0 Å². The summed E-state index contributed by atoms with van der Waals surface area (Å²) in [7, 11) is 0. The zero-order chi connectivity index (χ0) is 21.7. The molecule has 3 aromatic rings. The maximum absolute atomic E-state index is 12.6. The minimum Gasteiger partial charge on any atom is -0.348 e. The zero-order valence-electron chi connectivity index (χ0n) is 17.2. The number of benzene rings is 2. The van der Waals surface area contributed by atoms with Gasteiger partial charge in [-0.3, -0.25) is 14.3 Å². The van der Waals surface area contributed by atoms with E-state index in [4.69, 9.17) is 0 Å². The predicted molar refractivity (Wildman–Crippen MR) is 120 cm³/mol. The van der Waals surface area contributed by atoms with Crippen LogP contribution in [0.2, 0.25) is 0 Å². The van der Waals surface area contributed by atoms with Crippen molar-refractivity contribution >= 4 is 28.5 Å². The topological polar surface area (TPSA) is 82.5 Å². The number of carbonyl (C=O) groups excluding carboxylic acids is 1. The lowest BCUT2D eigenvalue weighted by molar-refractivity contribution is 0.0951. The minimum absolute atomic E-state index is 0.265. The number of nitrogens with zero attached hydrogens (tertiary/aromatic N) is 2. The fraction of sp³-hybridized carbons (Fsp3) is 0.217. The molecule has 1 heterocycles. The number of hydrogen-bond donors (Lipinski definition) is 2. The highest BCUT2D eigenvalue weighted by molar-refractivity contribution is 7.81. The van der Waals surface area contributed by atoms with Crippen LogP contribution in [0.1, 0.15) is 46.8 Å². The highest BCUT2D eigenvalue weighted by Gasteiger charge is 2.19. The Hall–Kier alpha value is -3.03. The van der Waals surface area contributed by atoms with E-state index in [2.05, 4.69) is 24.1 Å². The van der Waals surface area contributed by atoms with Crippen LogP contribution in [0.3, 0.4) is 0 Å². The van der Waals surface area contributed by atoms with Gasteiger partial charge >= 0.3 is 0 Å². The summed E-state index contributed by atoms with van der Waals surface area (Å²) in [6.45, 7) is 6.38. The molecule has 30 heavy (non-hydrogen) atoms. The van der Waals surface area contributed by atoms with Crippen molar-refractivity contribution in [2.24, 2.45) is 0 Å². The molecule has 0 fully saturated rings. The van der Waals surface area contributed by atoms with Gasteiger partial charge in [0.15, 0.2) is 0 Å². The Bertz CT molecular complexity index is 1040. The normalized spacial score (nSPS) is 11.9. The number of aromatic nitrogens is 1. The molecule has 6 nitrogen and oxygen atoms in total. The summed E-state index contributed by atoms with van der Waals surface area (Å²) in [5, 5.41) is 2.85. The van der Waals surface area contributed by atoms with Gasteiger partial charge in [0, 0.05) is 24.5 Å². The summed E-state index contributed by atoms with van der Waals surface area (Å²) >= 11 is -2.29. The molecule has 1 amide bonds. The highest BCUT2D eigenvalue weighted by Crippen LogP contribution is 2.31. The second-order valence-corrected chi connectivity index (χ2v) is 8.14. The average molecular weight is 424 g/mol. The quantitative estimate of drug-likeness (QED) is 0.539. The van der Waals surface area contributed by atoms with Gasteiger partial charge in [-0.15, -0.1) is 0 Å². The number of pyridine rings is 1. The molecule has 0 aliphatic rings. The van der Waals surface area contributed by atoms with E-state index in [1.807, 2.05) is 43.3 Å². The van der Waals surface area contributed by atoms with Crippen molar-refractivity contribution in [3.63, 3.8) is 0 Å². The van der Waals surface area contributed by atoms with Crippen LogP contribution in [0.5, 0.6) is 0 Å². The van der Waals surface area contributed by atoms with Crippen molar-refractivity contribution in [1.29, 1.82) is 0 Å². The molecule has 2 aromatic carbocycles. The summed E-state index contributed by atoms with van der Waals surface area (Å²) in [4.78, 5) is 16.7. The van der Waals surface area contributed by atoms with Gasteiger partial charge in [-0.05, 0) is 59.9 Å². The van der Waals surface area contributed by atoms with Crippen molar-refractivity contribution in [3.05, 3.63) is 89.2 Å². The van der Waals surface area contributed by atoms with Gasteiger partial charge in [-0.25, -0.2) is 8.51 Å². The van der Waals surface area contributed by atoms with E-state index >= 15 is 0 Å². The standard InChI is InChI=1S/C23H25N3O3S/c1-16(2)19-8-10-21(11-9-19)26(30(28)29)22-13-20(7-6-17(22)3)23(27)25-15-18-5-4-12-24-14-18/h4-14,16H,15H2,1-3H3,(H,25,27)(H,28,29). The van der Waals surface area contributed by atoms with E-state index in [0.29, 0.717) is 29.4 Å². The summed E-state index contributed by atoms with van der Waals surface area (Å²) in [5.41, 5.74) is 4.31. The first kappa shape index (κ1) is 21.7. The molecule has 0 aliphatic carbocycles. The van der Waals surface area contributed by atoms with E-state index in [0.717, 1.165) is 16.7 Å². The first-order valence-corrected chi connectivity index (χ1v) is 10.7. The number of nitrogens with one attached hydrogen (secondary N) is 1. The third-order valence-corrected chi connectivity index (χ3v) is 5.54. The summed E-state index contributed by atoms with van der Waals surface area (Å²) in [6.07, 6.45) is 3.37. The smallest absolute Gasteiger partial charge is 0.266 e. The van der Waals surface area contributed by atoms with Crippen molar-refractivity contribution < 1.29 is 13.6 Å². The summed E-state index contributed by atoms with van der Waals surface area (Å²) in [5.74, 6) is 0.0969. The number of aryl methyl sites for hydroxylation is 1. The largest absolute Gasteiger partial charge is 0.348 e. The molecule has 3 rings (SSSR count). The van der Waals surface area contributed by atoms with Gasteiger partial charge in [0.05, 0.1) is 11.4 Å². The predicted octanol–water partition coefficient (Wildman–Crippen LogP) is 4.72. The molecule has 2 N–H and O–H groups in total. The molecule has 0 spiro atoms. The fourth-order valence-corrected chi connectivity index (χ4v) is 3.73. The van der Waals surface area contributed by atoms with E-state index < -0.39 is 11.3 Å². The van der Waals surface area contributed by atoms with E-state index in [1.165, 1.54) is 4.31 Å². The lowest BCUT2D eigenvalue weighted by Gasteiger charge is -2.23. The Labute approximate surface area is 179 Å². The van der Waals surface area contributed by atoms with Crippen LogP contribution < -0.4 is 9.62 Å². The molecule has 0 aliphatic heterocycles. The van der Waals surface area contributed by atoms with Crippen LogP contribution in [0, 0.1) is 6.92 Å². The summed E-state index contributed by atoms with van der Waals surface area (Å²) in [6, 6.07) is 16.3. The number of amides is 1. The first-order chi connectivity index (χ1) is 14.4. The average Bonchev–Trinajstić information content (AvgIpc) is 2.74.